The Morgan fingerprint density at radius 3 is 2.58 bits per heavy atom. The number of carbonyl (C=O) groups is 2. The Kier molecular flexibility index (Phi) is 5.83. The van der Waals surface area contributed by atoms with Crippen LogP contribution in [0.1, 0.15) is 32.3 Å². The Hall–Kier alpha value is -1.55. The van der Waals surface area contributed by atoms with Crippen LogP contribution in [0.2, 0.25) is 5.02 Å². The van der Waals surface area contributed by atoms with Gasteiger partial charge >= 0.3 is 0 Å². The lowest BCUT2D eigenvalue weighted by molar-refractivity contribution is -0.127. The van der Waals surface area contributed by atoms with E-state index in [0.29, 0.717) is 10.7 Å². The second-order valence-corrected chi connectivity index (χ2v) is 5.00. The minimum atomic E-state index is -0.328. The van der Waals surface area contributed by atoms with Gasteiger partial charge in [-0.15, -0.1) is 0 Å². The van der Waals surface area contributed by atoms with Crippen molar-refractivity contribution in [1.29, 1.82) is 0 Å². The molecule has 1 atom stereocenters. The molecule has 1 rings (SSSR count). The summed E-state index contributed by atoms with van der Waals surface area (Å²) < 4.78 is 0. The number of rotatable bonds is 5. The Bertz CT molecular complexity index is 475. The van der Waals surface area contributed by atoms with E-state index in [1.54, 1.807) is 18.2 Å². The summed E-state index contributed by atoms with van der Waals surface area (Å²) in [4.78, 5) is 23.3. The third-order valence-electron chi connectivity index (χ3n) is 2.80. The summed E-state index contributed by atoms with van der Waals surface area (Å²) in [7, 11) is 0. The quantitative estimate of drug-likeness (QED) is 0.816. The normalized spacial score (nSPS) is 11.8. The van der Waals surface area contributed by atoms with E-state index >= 15 is 0 Å². The first kappa shape index (κ1) is 15.5. The molecule has 0 aliphatic carbocycles. The van der Waals surface area contributed by atoms with Gasteiger partial charge in [-0.3, -0.25) is 9.59 Å². The molecule has 2 amide bonds. The summed E-state index contributed by atoms with van der Waals surface area (Å²) in [5.41, 5.74) is 1.54. The third-order valence-corrected chi connectivity index (χ3v) is 3.04. The van der Waals surface area contributed by atoms with E-state index in [-0.39, 0.29) is 24.3 Å². The maximum absolute atomic E-state index is 11.7. The van der Waals surface area contributed by atoms with Crippen molar-refractivity contribution in [3.05, 3.63) is 28.8 Å². The van der Waals surface area contributed by atoms with Gasteiger partial charge in [-0.05, 0) is 44.0 Å². The van der Waals surface area contributed by atoms with Crippen LogP contribution >= 0.6 is 11.6 Å². The molecule has 4 nitrogen and oxygen atoms in total. The zero-order valence-corrected chi connectivity index (χ0v) is 12.2. The molecule has 0 aliphatic heterocycles. The van der Waals surface area contributed by atoms with E-state index < -0.39 is 0 Å². The summed E-state index contributed by atoms with van der Waals surface area (Å²) in [6.45, 7) is 5.72. The van der Waals surface area contributed by atoms with Crippen LogP contribution in [0.25, 0.3) is 0 Å². The Morgan fingerprint density at radius 1 is 1.32 bits per heavy atom. The molecule has 0 radical (unpaired) electrons. The van der Waals surface area contributed by atoms with E-state index in [1.807, 2.05) is 20.8 Å². The molecule has 5 heteroatoms. The van der Waals surface area contributed by atoms with Crippen LogP contribution < -0.4 is 10.6 Å². The minimum absolute atomic E-state index is 0.0811. The maximum atomic E-state index is 11.7. The maximum Gasteiger partial charge on any atom is 0.233 e. The highest BCUT2D eigenvalue weighted by Crippen LogP contribution is 2.19. The molecule has 0 fully saturated rings. The molecule has 0 aromatic heterocycles. The minimum Gasteiger partial charge on any atom is -0.353 e. The highest BCUT2D eigenvalue weighted by molar-refractivity contribution is 6.30. The van der Waals surface area contributed by atoms with Crippen LogP contribution in [0.4, 0.5) is 5.69 Å². The average Bonchev–Trinajstić information content (AvgIpc) is 2.32. The summed E-state index contributed by atoms with van der Waals surface area (Å²) in [5, 5.41) is 6.07. The monoisotopic (exact) mass is 282 g/mol. The second kappa shape index (κ2) is 7.14. The molecule has 0 aliphatic rings. The van der Waals surface area contributed by atoms with E-state index in [9.17, 15) is 9.59 Å². The Balaban J connectivity index is 2.53. The zero-order valence-electron chi connectivity index (χ0n) is 11.4. The van der Waals surface area contributed by atoms with E-state index in [2.05, 4.69) is 10.6 Å². The molecule has 0 bridgehead atoms. The molecule has 1 unspecified atom stereocenters. The van der Waals surface area contributed by atoms with Crippen LogP contribution in [-0.2, 0) is 9.59 Å². The number of hydrogen-bond acceptors (Lipinski definition) is 2. The first-order valence-corrected chi connectivity index (χ1v) is 6.65. The topological polar surface area (TPSA) is 58.2 Å². The van der Waals surface area contributed by atoms with Crippen molar-refractivity contribution in [3.8, 4) is 0 Å². The number of amides is 2. The van der Waals surface area contributed by atoms with Gasteiger partial charge in [0.2, 0.25) is 11.8 Å². The van der Waals surface area contributed by atoms with Crippen molar-refractivity contribution >= 4 is 29.1 Å². The number of carbonyl (C=O) groups excluding carboxylic acids is 2. The first-order valence-electron chi connectivity index (χ1n) is 6.27. The summed E-state index contributed by atoms with van der Waals surface area (Å²) in [6.07, 6.45) is 0.663. The standard InChI is InChI=1S/C14H19ClN2O2/c1-4-10(3)16-13(18)8-14(19)17-12-6-5-11(15)7-9(12)2/h5-7,10H,4,8H2,1-3H3,(H,16,18)(H,17,19). The molecule has 104 valence electrons. The number of halogens is 1. The molecular formula is C14H19ClN2O2. The van der Waals surface area contributed by atoms with Crippen LogP contribution in [0.5, 0.6) is 0 Å². The third kappa shape index (κ3) is 5.30. The summed E-state index contributed by atoms with van der Waals surface area (Å²) >= 11 is 5.83. The summed E-state index contributed by atoms with van der Waals surface area (Å²) in [6, 6.07) is 5.26. The Labute approximate surface area is 118 Å². The summed E-state index contributed by atoms with van der Waals surface area (Å²) in [5.74, 6) is -0.593. The van der Waals surface area contributed by atoms with Crippen molar-refractivity contribution in [1.82, 2.24) is 5.32 Å². The van der Waals surface area contributed by atoms with Crippen LogP contribution in [0.3, 0.4) is 0 Å². The van der Waals surface area contributed by atoms with E-state index in [0.717, 1.165) is 12.0 Å². The predicted molar refractivity (Wildman–Crippen MR) is 77.3 cm³/mol. The van der Waals surface area contributed by atoms with Crippen molar-refractivity contribution in [2.75, 3.05) is 5.32 Å². The zero-order chi connectivity index (χ0) is 14.4. The lowest BCUT2D eigenvalue weighted by Crippen LogP contribution is -2.34. The fraction of sp³-hybridized carbons (Fsp3) is 0.429. The van der Waals surface area contributed by atoms with E-state index in [1.165, 1.54) is 0 Å². The van der Waals surface area contributed by atoms with Gasteiger partial charge in [0.05, 0.1) is 0 Å². The van der Waals surface area contributed by atoms with Crippen LogP contribution in [0, 0.1) is 6.92 Å². The van der Waals surface area contributed by atoms with Gasteiger partial charge in [-0.2, -0.15) is 0 Å². The van der Waals surface area contributed by atoms with Crippen molar-refractivity contribution in [3.63, 3.8) is 0 Å². The van der Waals surface area contributed by atoms with Crippen molar-refractivity contribution in [2.45, 2.75) is 39.7 Å². The lowest BCUT2D eigenvalue weighted by Gasteiger charge is -2.12. The molecule has 1 aromatic rings. The van der Waals surface area contributed by atoms with Gasteiger partial charge in [0.15, 0.2) is 0 Å². The molecule has 1 aromatic carbocycles. The predicted octanol–water partition coefficient (Wildman–Crippen LogP) is 2.89. The van der Waals surface area contributed by atoms with Gasteiger partial charge in [0.1, 0.15) is 6.42 Å². The second-order valence-electron chi connectivity index (χ2n) is 4.56. The Morgan fingerprint density at radius 2 is 2.00 bits per heavy atom. The van der Waals surface area contributed by atoms with Gasteiger partial charge in [-0.25, -0.2) is 0 Å². The number of anilines is 1. The van der Waals surface area contributed by atoms with E-state index in [4.69, 9.17) is 11.6 Å². The van der Waals surface area contributed by atoms with Crippen molar-refractivity contribution < 1.29 is 9.59 Å². The van der Waals surface area contributed by atoms with Crippen LogP contribution in [0.15, 0.2) is 18.2 Å². The molecule has 0 spiro atoms. The van der Waals surface area contributed by atoms with Crippen LogP contribution in [-0.4, -0.2) is 17.9 Å². The highest BCUT2D eigenvalue weighted by Gasteiger charge is 2.12. The smallest absolute Gasteiger partial charge is 0.233 e. The SMILES string of the molecule is CCC(C)NC(=O)CC(=O)Nc1ccc(Cl)cc1C. The molecule has 2 N–H and O–H groups in total. The van der Waals surface area contributed by atoms with Gasteiger partial charge in [-0.1, -0.05) is 18.5 Å². The number of hydrogen-bond donors (Lipinski definition) is 2. The van der Waals surface area contributed by atoms with Gasteiger partial charge in [0, 0.05) is 16.8 Å². The van der Waals surface area contributed by atoms with Crippen molar-refractivity contribution in [2.24, 2.45) is 0 Å². The molecular weight excluding hydrogens is 264 g/mol. The van der Waals surface area contributed by atoms with Gasteiger partial charge < -0.3 is 10.6 Å². The number of aryl methyl sites for hydroxylation is 1. The first-order chi connectivity index (χ1) is 8.92. The van der Waals surface area contributed by atoms with Gasteiger partial charge in [0.25, 0.3) is 0 Å². The average molecular weight is 283 g/mol. The number of nitrogens with one attached hydrogen (secondary N) is 2. The lowest BCUT2D eigenvalue weighted by atomic mass is 10.2. The number of benzene rings is 1. The molecule has 19 heavy (non-hydrogen) atoms. The molecule has 0 saturated heterocycles. The molecule has 0 saturated carbocycles. The fourth-order valence-corrected chi connectivity index (χ4v) is 1.76. The highest BCUT2D eigenvalue weighted by atomic mass is 35.5. The molecule has 0 heterocycles. The largest absolute Gasteiger partial charge is 0.353 e. The fourth-order valence-electron chi connectivity index (χ4n) is 1.54.